The number of rotatable bonds is 4. The molecule has 0 spiro atoms. The molecule has 0 saturated heterocycles. The summed E-state index contributed by atoms with van der Waals surface area (Å²) in [7, 11) is 0. The van der Waals surface area contributed by atoms with E-state index in [0.29, 0.717) is 17.9 Å². The topological polar surface area (TPSA) is 70.7 Å². The van der Waals surface area contributed by atoms with Gasteiger partial charge in [0.15, 0.2) is 0 Å². The predicted molar refractivity (Wildman–Crippen MR) is 78.6 cm³/mol. The molecule has 0 bridgehead atoms. The zero-order valence-electron chi connectivity index (χ0n) is 12.3. The van der Waals surface area contributed by atoms with Crippen molar-refractivity contribution in [1.29, 1.82) is 0 Å². The minimum Gasteiger partial charge on any atom is -0.310 e. The van der Waals surface area contributed by atoms with Crippen molar-refractivity contribution in [2.24, 2.45) is 0 Å². The Balaban J connectivity index is 2.16. The summed E-state index contributed by atoms with van der Waals surface area (Å²) in [6, 6.07) is 1.92. The van der Waals surface area contributed by atoms with Gasteiger partial charge in [-0.25, -0.2) is 4.98 Å². The molecule has 106 valence electrons. The third kappa shape index (κ3) is 3.11. The fraction of sp³-hybridized carbons (Fsp3) is 0.400. The summed E-state index contributed by atoms with van der Waals surface area (Å²) >= 11 is 0. The zero-order valence-corrected chi connectivity index (χ0v) is 12.3. The lowest BCUT2D eigenvalue weighted by molar-refractivity contribution is 0.560. The van der Waals surface area contributed by atoms with Gasteiger partial charge in [-0.1, -0.05) is 0 Å². The van der Waals surface area contributed by atoms with Crippen molar-refractivity contribution in [2.45, 2.75) is 40.3 Å². The van der Waals surface area contributed by atoms with Gasteiger partial charge in [-0.3, -0.25) is 9.78 Å². The van der Waals surface area contributed by atoms with Crippen LogP contribution in [0.15, 0.2) is 23.3 Å². The molecule has 5 heteroatoms. The van der Waals surface area contributed by atoms with Gasteiger partial charge in [0.2, 0.25) is 0 Å². The fourth-order valence-electron chi connectivity index (χ4n) is 2.29. The van der Waals surface area contributed by atoms with Crippen LogP contribution in [0.5, 0.6) is 0 Å². The second-order valence-electron chi connectivity index (χ2n) is 5.06. The van der Waals surface area contributed by atoms with Gasteiger partial charge >= 0.3 is 0 Å². The van der Waals surface area contributed by atoms with Crippen molar-refractivity contribution in [3.63, 3.8) is 0 Å². The van der Waals surface area contributed by atoms with Gasteiger partial charge in [0.1, 0.15) is 5.82 Å². The Morgan fingerprint density at radius 1 is 1.35 bits per heavy atom. The molecule has 1 unspecified atom stereocenters. The smallest absolute Gasteiger partial charge is 0.255 e. The van der Waals surface area contributed by atoms with E-state index in [1.54, 1.807) is 13.1 Å². The first-order chi connectivity index (χ1) is 9.49. The maximum absolute atomic E-state index is 12.0. The van der Waals surface area contributed by atoms with Crippen LogP contribution in [0.3, 0.4) is 0 Å². The van der Waals surface area contributed by atoms with Gasteiger partial charge in [-0.05, 0) is 44.9 Å². The lowest BCUT2D eigenvalue weighted by Gasteiger charge is -2.16. The van der Waals surface area contributed by atoms with Gasteiger partial charge in [0, 0.05) is 30.7 Å². The molecule has 0 fully saturated rings. The quantitative estimate of drug-likeness (QED) is 0.892. The number of pyridine rings is 1. The van der Waals surface area contributed by atoms with Crippen LogP contribution in [-0.4, -0.2) is 15.0 Å². The molecule has 5 nitrogen and oxygen atoms in total. The van der Waals surface area contributed by atoms with E-state index < -0.39 is 0 Å². The van der Waals surface area contributed by atoms with E-state index in [9.17, 15) is 4.79 Å². The van der Waals surface area contributed by atoms with Crippen LogP contribution in [0.4, 0.5) is 0 Å². The number of hydrogen-bond donors (Lipinski definition) is 2. The Morgan fingerprint density at radius 2 is 2.10 bits per heavy atom. The third-order valence-corrected chi connectivity index (χ3v) is 3.44. The van der Waals surface area contributed by atoms with Crippen molar-refractivity contribution >= 4 is 0 Å². The summed E-state index contributed by atoms with van der Waals surface area (Å²) in [6.07, 6.45) is 3.63. The predicted octanol–water partition coefficient (Wildman–Crippen LogP) is 1.94. The van der Waals surface area contributed by atoms with Crippen LogP contribution in [0.1, 0.15) is 41.2 Å². The molecule has 1 atom stereocenters. The van der Waals surface area contributed by atoms with Crippen LogP contribution in [0, 0.1) is 20.8 Å². The maximum atomic E-state index is 12.0. The van der Waals surface area contributed by atoms with Crippen LogP contribution in [0.2, 0.25) is 0 Å². The Hall–Kier alpha value is -2.01. The normalized spacial score (nSPS) is 12.4. The first-order valence-corrected chi connectivity index (χ1v) is 6.69. The second-order valence-corrected chi connectivity index (χ2v) is 5.06. The van der Waals surface area contributed by atoms with E-state index in [2.05, 4.69) is 27.2 Å². The monoisotopic (exact) mass is 272 g/mol. The van der Waals surface area contributed by atoms with Crippen molar-refractivity contribution in [2.75, 3.05) is 0 Å². The summed E-state index contributed by atoms with van der Waals surface area (Å²) in [5, 5.41) is 3.36. The lowest BCUT2D eigenvalue weighted by Crippen LogP contribution is -2.28. The Bertz CT molecular complexity index is 663. The van der Waals surface area contributed by atoms with Gasteiger partial charge in [0.25, 0.3) is 5.56 Å². The van der Waals surface area contributed by atoms with E-state index in [-0.39, 0.29) is 11.6 Å². The van der Waals surface area contributed by atoms with Crippen LogP contribution >= 0.6 is 0 Å². The highest BCUT2D eigenvalue weighted by atomic mass is 16.1. The maximum Gasteiger partial charge on any atom is 0.255 e. The lowest BCUT2D eigenvalue weighted by atomic mass is 10.1. The standard InChI is InChI=1S/C15H20N4O/c1-9-5-6-16-7-13(9)8-17-10(2)14-11(3)18-12(4)19-15(14)20/h5-7,10,17H,8H2,1-4H3,(H,18,19,20). The van der Waals surface area contributed by atoms with Gasteiger partial charge in [-0.15, -0.1) is 0 Å². The molecule has 20 heavy (non-hydrogen) atoms. The molecule has 0 amide bonds. The minimum absolute atomic E-state index is 0.0635. The van der Waals surface area contributed by atoms with E-state index in [1.807, 2.05) is 26.1 Å². The number of aromatic nitrogens is 3. The van der Waals surface area contributed by atoms with E-state index in [4.69, 9.17) is 0 Å². The van der Waals surface area contributed by atoms with Gasteiger partial charge in [-0.2, -0.15) is 0 Å². The molecule has 2 N–H and O–H groups in total. The van der Waals surface area contributed by atoms with Crippen molar-refractivity contribution < 1.29 is 0 Å². The number of nitrogens with zero attached hydrogens (tertiary/aromatic N) is 2. The highest BCUT2D eigenvalue weighted by Crippen LogP contribution is 2.13. The summed E-state index contributed by atoms with van der Waals surface area (Å²) < 4.78 is 0. The number of aromatic amines is 1. The van der Waals surface area contributed by atoms with Crippen LogP contribution in [-0.2, 0) is 6.54 Å². The number of H-pyrrole nitrogens is 1. The molecule has 0 aliphatic rings. The Kier molecular flexibility index (Phi) is 4.29. The molecular weight excluding hydrogens is 252 g/mol. The number of aryl methyl sites for hydroxylation is 3. The van der Waals surface area contributed by atoms with Crippen LogP contribution in [0.25, 0.3) is 0 Å². The molecule has 0 aliphatic carbocycles. The summed E-state index contributed by atoms with van der Waals surface area (Å²) in [4.78, 5) is 23.2. The summed E-state index contributed by atoms with van der Waals surface area (Å²) in [6.45, 7) is 8.35. The molecule has 0 aromatic carbocycles. The summed E-state index contributed by atoms with van der Waals surface area (Å²) in [5.41, 5.74) is 3.71. The molecule has 2 aromatic rings. The highest BCUT2D eigenvalue weighted by Gasteiger charge is 2.14. The third-order valence-electron chi connectivity index (χ3n) is 3.44. The van der Waals surface area contributed by atoms with E-state index >= 15 is 0 Å². The van der Waals surface area contributed by atoms with Gasteiger partial charge < -0.3 is 10.3 Å². The molecule has 2 rings (SSSR count). The Labute approximate surface area is 118 Å². The molecule has 0 saturated carbocycles. The molecule has 2 heterocycles. The second kappa shape index (κ2) is 5.96. The molecule has 0 aliphatic heterocycles. The molecular formula is C15H20N4O. The SMILES string of the molecule is Cc1nc(C)c(C(C)NCc2cnccc2C)c(=O)[nH]1. The molecule has 2 aromatic heterocycles. The zero-order chi connectivity index (χ0) is 14.7. The first-order valence-electron chi connectivity index (χ1n) is 6.69. The van der Waals surface area contributed by atoms with E-state index in [1.165, 1.54) is 5.56 Å². The van der Waals surface area contributed by atoms with E-state index in [0.717, 1.165) is 11.3 Å². The summed E-state index contributed by atoms with van der Waals surface area (Å²) in [5.74, 6) is 0.645. The first kappa shape index (κ1) is 14.4. The average molecular weight is 272 g/mol. The highest BCUT2D eigenvalue weighted by molar-refractivity contribution is 5.23. The Morgan fingerprint density at radius 3 is 2.75 bits per heavy atom. The average Bonchev–Trinajstić information content (AvgIpc) is 2.36. The van der Waals surface area contributed by atoms with Crippen molar-refractivity contribution in [1.82, 2.24) is 20.3 Å². The largest absolute Gasteiger partial charge is 0.310 e. The molecule has 0 radical (unpaired) electrons. The number of hydrogen-bond acceptors (Lipinski definition) is 4. The van der Waals surface area contributed by atoms with Crippen molar-refractivity contribution in [3.05, 3.63) is 57.0 Å². The fourth-order valence-corrected chi connectivity index (χ4v) is 2.29. The van der Waals surface area contributed by atoms with Crippen molar-refractivity contribution in [3.8, 4) is 0 Å². The van der Waals surface area contributed by atoms with Crippen LogP contribution < -0.4 is 10.9 Å². The van der Waals surface area contributed by atoms with Gasteiger partial charge in [0.05, 0.1) is 5.56 Å². The minimum atomic E-state index is -0.0714. The number of nitrogens with one attached hydrogen (secondary N) is 2.